The number of aliphatic imine (C=N–C) groups is 1. The molecule has 0 heterocycles. The SMILES string of the molecule is CN=C(NCCCCCCCN(C)C)NCc1ccccc1OC(F)F. The van der Waals surface area contributed by atoms with Crippen LogP contribution in [-0.2, 0) is 6.54 Å². The van der Waals surface area contributed by atoms with E-state index in [9.17, 15) is 8.78 Å². The van der Waals surface area contributed by atoms with E-state index in [1.165, 1.54) is 31.7 Å². The molecule has 26 heavy (non-hydrogen) atoms. The van der Waals surface area contributed by atoms with Crippen LogP contribution in [0.1, 0.15) is 37.7 Å². The number of alkyl halides is 2. The lowest BCUT2D eigenvalue weighted by molar-refractivity contribution is -0.0504. The van der Waals surface area contributed by atoms with E-state index in [0.717, 1.165) is 19.5 Å². The number of para-hydroxylation sites is 1. The average Bonchev–Trinajstić information content (AvgIpc) is 2.60. The Labute approximate surface area is 155 Å². The molecule has 2 N–H and O–H groups in total. The van der Waals surface area contributed by atoms with Gasteiger partial charge >= 0.3 is 6.61 Å². The van der Waals surface area contributed by atoms with Gasteiger partial charge in [0.2, 0.25) is 0 Å². The van der Waals surface area contributed by atoms with E-state index in [-0.39, 0.29) is 5.75 Å². The van der Waals surface area contributed by atoms with E-state index in [0.29, 0.717) is 18.1 Å². The van der Waals surface area contributed by atoms with Crippen LogP contribution in [0.25, 0.3) is 0 Å². The first-order chi connectivity index (χ1) is 12.5. The highest BCUT2D eigenvalue weighted by Gasteiger charge is 2.09. The first kappa shape index (κ1) is 22.2. The average molecular weight is 370 g/mol. The fourth-order valence-corrected chi connectivity index (χ4v) is 2.55. The van der Waals surface area contributed by atoms with Crippen molar-refractivity contribution in [2.45, 2.75) is 45.3 Å². The number of halogens is 2. The highest BCUT2D eigenvalue weighted by Crippen LogP contribution is 2.19. The lowest BCUT2D eigenvalue weighted by atomic mass is 10.1. The fourth-order valence-electron chi connectivity index (χ4n) is 2.55. The number of ether oxygens (including phenoxy) is 1. The van der Waals surface area contributed by atoms with Crippen LogP contribution in [-0.4, -0.2) is 51.7 Å². The van der Waals surface area contributed by atoms with Gasteiger partial charge in [-0.25, -0.2) is 0 Å². The van der Waals surface area contributed by atoms with Crippen molar-refractivity contribution in [1.29, 1.82) is 0 Å². The first-order valence-corrected chi connectivity index (χ1v) is 9.15. The van der Waals surface area contributed by atoms with Gasteiger partial charge in [-0.15, -0.1) is 0 Å². The lowest BCUT2D eigenvalue weighted by Gasteiger charge is -2.14. The van der Waals surface area contributed by atoms with Crippen molar-refractivity contribution in [2.24, 2.45) is 4.99 Å². The Morgan fingerprint density at radius 1 is 1.08 bits per heavy atom. The summed E-state index contributed by atoms with van der Waals surface area (Å²) >= 11 is 0. The molecule has 0 aliphatic heterocycles. The summed E-state index contributed by atoms with van der Waals surface area (Å²) in [7, 11) is 5.89. The summed E-state index contributed by atoms with van der Waals surface area (Å²) in [6, 6.07) is 6.76. The van der Waals surface area contributed by atoms with Gasteiger partial charge < -0.3 is 20.3 Å². The molecule has 0 saturated heterocycles. The van der Waals surface area contributed by atoms with E-state index < -0.39 is 6.61 Å². The zero-order valence-corrected chi connectivity index (χ0v) is 16.1. The lowest BCUT2D eigenvalue weighted by Crippen LogP contribution is -2.37. The minimum atomic E-state index is -2.83. The Bertz CT molecular complexity index is 524. The van der Waals surface area contributed by atoms with Crippen molar-refractivity contribution in [3.05, 3.63) is 29.8 Å². The molecule has 7 heteroatoms. The van der Waals surface area contributed by atoms with Gasteiger partial charge in [0, 0.05) is 25.7 Å². The molecule has 0 amide bonds. The first-order valence-electron chi connectivity index (χ1n) is 9.15. The van der Waals surface area contributed by atoms with Gasteiger partial charge in [-0.3, -0.25) is 4.99 Å². The molecule has 0 atom stereocenters. The predicted octanol–water partition coefficient (Wildman–Crippen LogP) is 3.47. The fraction of sp³-hybridized carbons (Fsp3) is 0.632. The Kier molecular flexibility index (Phi) is 11.4. The van der Waals surface area contributed by atoms with E-state index in [1.54, 1.807) is 25.2 Å². The van der Waals surface area contributed by atoms with Crippen molar-refractivity contribution in [1.82, 2.24) is 15.5 Å². The van der Waals surface area contributed by atoms with Crippen LogP contribution in [0.3, 0.4) is 0 Å². The van der Waals surface area contributed by atoms with Crippen molar-refractivity contribution < 1.29 is 13.5 Å². The van der Waals surface area contributed by atoms with Crippen LogP contribution in [0.2, 0.25) is 0 Å². The van der Waals surface area contributed by atoms with Crippen molar-refractivity contribution in [2.75, 3.05) is 34.2 Å². The third-order valence-electron chi connectivity index (χ3n) is 3.93. The maximum atomic E-state index is 12.4. The highest BCUT2D eigenvalue weighted by atomic mass is 19.3. The summed E-state index contributed by atoms with van der Waals surface area (Å²) in [6.45, 7) is -0.479. The number of nitrogens with zero attached hydrogens (tertiary/aromatic N) is 2. The molecule has 148 valence electrons. The summed E-state index contributed by atoms with van der Waals surface area (Å²) < 4.78 is 29.4. The summed E-state index contributed by atoms with van der Waals surface area (Å²) in [5.41, 5.74) is 0.664. The summed E-state index contributed by atoms with van der Waals surface area (Å²) in [5, 5.41) is 6.38. The zero-order chi connectivity index (χ0) is 19.2. The highest BCUT2D eigenvalue weighted by molar-refractivity contribution is 5.79. The molecule has 5 nitrogen and oxygen atoms in total. The molecular weight excluding hydrogens is 338 g/mol. The predicted molar refractivity (Wildman–Crippen MR) is 103 cm³/mol. The van der Waals surface area contributed by atoms with Gasteiger partial charge in [0.25, 0.3) is 0 Å². The van der Waals surface area contributed by atoms with E-state index >= 15 is 0 Å². The Morgan fingerprint density at radius 3 is 2.46 bits per heavy atom. The second kappa shape index (κ2) is 13.3. The van der Waals surface area contributed by atoms with Gasteiger partial charge in [0.15, 0.2) is 5.96 Å². The van der Waals surface area contributed by atoms with Gasteiger partial charge in [0.1, 0.15) is 5.75 Å². The molecule has 0 aromatic heterocycles. The van der Waals surface area contributed by atoms with E-state index in [4.69, 9.17) is 0 Å². The summed E-state index contributed by atoms with van der Waals surface area (Å²) in [4.78, 5) is 6.37. The molecular formula is C19H32F2N4O. The van der Waals surface area contributed by atoms with E-state index in [2.05, 4.69) is 39.4 Å². The monoisotopic (exact) mass is 370 g/mol. The molecule has 0 aliphatic carbocycles. The molecule has 1 aromatic rings. The van der Waals surface area contributed by atoms with Crippen LogP contribution in [0.4, 0.5) is 8.78 Å². The minimum Gasteiger partial charge on any atom is -0.434 e. The van der Waals surface area contributed by atoms with Crippen LogP contribution < -0.4 is 15.4 Å². The molecule has 1 aromatic carbocycles. The molecule has 0 aliphatic rings. The Morgan fingerprint density at radius 2 is 1.77 bits per heavy atom. The Hall–Kier alpha value is -1.89. The Balaban J connectivity index is 2.23. The minimum absolute atomic E-state index is 0.183. The summed E-state index contributed by atoms with van der Waals surface area (Å²) in [5.74, 6) is 0.840. The number of guanidine groups is 1. The van der Waals surface area contributed by atoms with Crippen LogP contribution in [0, 0.1) is 0 Å². The standard InChI is InChI=1S/C19H32F2N4O/c1-22-19(23-13-9-5-4-6-10-14-25(2)3)24-15-16-11-7-8-12-17(16)26-18(20)21/h7-8,11-12,18H,4-6,9-10,13-15H2,1-3H3,(H2,22,23,24). The van der Waals surface area contributed by atoms with Gasteiger partial charge in [-0.05, 0) is 39.5 Å². The van der Waals surface area contributed by atoms with Gasteiger partial charge in [-0.1, -0.05) is 37.5 Å². The van der Waals surface area contributed by atoms with Crippen LogP contribution >= 0.6 is 0 Å². The van der Waals surface area contributed by atoms with Crippen LogP contribution in [0.5, 0.6) is 5.75 Å². The number of hydrogen-bond acceptors (Lipinski definition) is 3. The number of nitrogens with one attached hydrogen (secondary N) is 2. The maximum absolute atomic E-state index is 12.4. The number of unbranched alkanes of at least 4 members (excludes halogenated alkanes) is 4. The van der Waals surface area contributed by atoms with Gasteiger partial charge in [0.05, 0.1) is 0 Å². The quantitative estimate of drug-likeness (QED) is 0.336. The molecule has 0 spiro atoms. The van der Waals surface area contributed by atoms with Crippen molar-refractivity contribution in [3.63, 3.8) is 0 Å². The number of benzene rings is 1. The number of hydrogen-bond donors (Lipinski definition) is 2. The molecule has 0 fully saturated rings. The second-order valence-corrected chi connectivity index (χ2v) is 6.41. The molecule has 0 unspecified atom stereocenters. The third-order valence-corrected chi connectivity index (χ3v) is 3.93. The zero-order valence-electron chi connectivity index (χ0n) is 16.1. The molecule has 0 saturated carbocycles. The second-order valence-electron chi connectivity index (χ2n) is 6.41. The molecule has 0 radical (unpaired) electrons. The molecule has 0 bridgehead atoms. The summed E-state index contributed by atoms with van der Waals surface area (Å²) in [6.07, 6.45) is 5.99. The normalized spacial score (nSPS) is 11.9. The largest absolute Gasteiger partial charge is 0.434 e. The third kappa shape index (κ3) is 10.2. The smallest absolute Gasteiger partial charge is 0.387 e. The van der Waals surface area contributed by atoms with Crippen molar-refractivity contribution >= 4 is 5.96 Å². The van der Waals surface area contributed by atoms with Crippen LogP contribution in [0.15, 0.2) is 29.3 Å². The molecule has 1 rings (SSSR count). The number of rotatable bonds is 12. The van der Waals surface area contributed by atoms with E-state index in [1.807, 2.05) is 0 Å². The maximum Gasteiger partial charge on any atom is 0.387 e. The van der Waals surface area contributed by atoms with Crippen molar-refractivity contribution in [3.8, 4) is 5.75 Å². The topological polar surface area (TPSA) is 48.9 Å². The van der Waals surface area contributed by atoms with Gasteiger partial charge in [-0.2, -0.15) is 8.78 Å².